The van der Waals surface area contributed by atoms with Crippen molar-refractivity contribution in [3.8, 4) is 5.75 Å². The third kappa shape index (κ3) is 2.44. The first-order valence-corrected chi connectivity index (χ1v) is 7.62. The highest BCUT2D eigenvalue weighted by atomic mass is 16.5. The van der Waals surface area contributed by atoms with E-state index in [1.165, 1.54) is 4.52 Å². The minimum atomic E-state index is -0.0376. The number of nitrogens with zero attached hydrogens (tertiary/aromatic N) is 3. The number of nitrogens with one attached hydrogen (secondary N) is 2. The Morgan fingerprint density at radius 1 is 1.35 bits per heavy atom. The van der Waals surface area contributed by atoms with Gasteiger partial charge in [0.05, 0.1) is 12.8 Å². The summed E-state index contributed by atoms with van der Waals surface area (Å²) in [5, 5.41) is 6.16. The highest BCUT2D eigenvalue weighted by Gasteiger charge is 2.19. The van der Waals surface area contributed by atoms with Gasteiger partial charge in [0.1, 0.15) is 5.75 Å². The summed E-state index contributed by atoms with van der Waals surface area (Å²) in [6.07, 6.45) is 2.65. The molecule has 7 nitrogen and oxygen atoms in total. The van der Waals surface area contributed by atoms with E-state index in [4.69, 9.17) is 4.74 Å². The standard InChI is InChI=1S/C16H17N5O2/c1-23-11-5-2-4-10(8-11)9-17-15-19-16-18-13-7-3-6-12(13)14(22)21(16)20-15/h2,4-5,8H,3,6-7,9H2,1H3,(H2,17,18,19,20). The Balaban J connectivity index is 1.60. The number of hydrogen-bond donors (Lipinski definition) is 2. The van der Waals surface area contributed by atoms with Gasteiger partial charge in [0.25, 0.3) is 11.3 Å². The molecular formula is C16H17N5O2. The van der Waals surface area contributed by atoms with Gasteiger partial charge in [-0.15, -0.1) is 0 Å². The molecule has 0 fully saturated rings. The highest BCUT2D eigenvalue weighted by Crippen LogP contribution is 2.17. The monoisotopic (exact) mass is 311 g/mol. The first-order valence-electron chi connectivity index (χ1n) is 7.62. The topological polar surface area (TPSA) is 84.3 Å². The zero-order valence-electron chi connectivity index (χ0n) is 12.8. The predicted octanol–water partition coefficient (Wildman–Crippen LogP) is 1.53. The molecule has 2 N–H and O–H groups in total. The second kappa shape index (κ2) is 5.42. The average molecular weight is 311 g/mol. The summed E-state index contributed by atoms with van der Waals surface area (Å²) < 4.78 is 6.62. The fourth-order valence-electron chi connectivity index (χ4n) is 2.93. The number of aromatic amines is 1. The molecule has 1 aliphatic carbocycles. The third-order valence-electron chi connectivity index (χ3n) is 4.11. The van der Waals surface area contributed by atoms with Crippen molar-refractivity contribution in [1.29, 1.82) is 0 Å². The van der Waals surface area contributed by atoms with Crippen LogP contribution in [-0.2, 0) is 19.4 Å². The van der Waals surface area contributed by atoms with Crippen LogP contribution in [0.2, 0.25) is 0 Å². The van der Waals surface area contributed by atoms with Gasteiger partial charge in [-0.2, -0.15) is 9.50 Å². The Hall–Kier alpha value is -2.83. The van der Waals surface area contributed by atoms with Crippen molar-refractivity contribution in [1.82, 2.24) is 19.6 Å². The number of aromatic nitrogens is 4. The fraction of sp³-hybridized carbons (Fsp3) is 0.312. The molecule has 0 saturated carbocycles. The van der Waals surface area contributed by atoms with Crippen LogP contribution >= 0.6 is 0 Å². The first kappa shape index (κ1) is 13.8. The minimum Gasteiger partial charge on any atom is -0.497 e. The van der Waals surface area contributed by atoms with Gasteiger partial charge in [-0.1, -0.05) is 12.1 Å². The van der Waals surface area contributed by atoms with Crippen LogP contribution in [0.25, 0.3) is 5.78 Å². The SMILES string of the molecule is COc1cccc(CNc2nc3nc4c(c(=O)n3[nH]2)CCC4)c1. The molecule has 7 heteroatoms. The van der Waals surface area contributed by atoms with Crippen molar-refractivity contribution in [2.45, 2.75) is 25.8 Å². The average Bonchev–Trinajstić information content (AvgIpc) is 3.20. The molecule has 1 aromatic carbocycles. The molecule has 0 radical (unpaired) electrons. The van der Waals surface area contributed by atoms with Crippen molar-refractivity contribution in [2.24, 2.45) is 0 Å². The number of benzene rings is 1. The summed E-state index contributed by atoms with van der Waals surface area (Å²) >= 11 is 0. The van der Waals surface area contributed by atoms with Crippen LogP contribution in [0, 0.1) is 0 Å². The van der Waals surface area contributed by atoms with Gasteiger partial charge in [0, 0.05) is 12.1 Å². The number of rotatable bonds is 4. The zero-order chi connectivity index (χ0) is 15.8. The molecule has 4 rings (SSSR count). The van der Waals surface area contributed by atoms with Crippen molar-refractivity contribution in [2.75, 3.05) is 12.4 Å². The van der Waals surface area contributed by atoms with Gasteiger partial charge in [0.15, 0.2) is 0 Å². The number of methoxy groups -OCH3 is 1. The molecule has 0 bridgehead atoms. The zero-order valence-corrected chi connectivity index (χ0v) is 12.8. The van der Waals surface area contributed by atoms with Gasteiger partial charge in [-0.25, -0.2) is 4.98 Å². The van der Waals surface area contributed by atoms with Gasteiger partial charge < -0.3 is 10.1 Å². The lowest BCUT2D eigenvalue weighted by Gasteiger charge is -2.05. The maximum absolute atomic E-state index is 12.4. The van der Waals surface area contributed by atoms with E-state index >= 15 is 0 Å². The van der Waals surface area contributed by atoms with E-state index < -0.39 is 0 Å². The van der Waals surface area contributed by atoms with Gasteiger partial charge in [0.2, 0.25) is 5.95 Å². The van der Waals surface area contributed by atoms with E-state index in [2.05, 4.69) is 20.4 Å². The Morgan fingerprint density at radius 2 is 2.26 bits per heavy atom. The number of fused-ring (bicyclic) bond motifs is 2. The molecule has 0 aliphatic heterocycles. The van der Waals surface area contributed by atoms with E-state index in [-0.39, 0.29) is 5.56 Å². The predicted molar refractivity (Wildman–Crippen MR) is 86.0 cm³/mol. The lowest BCUT2D eigenvalue weighted by molar-refractivity contribution is 0.414. The number of anilines is 1. The van der Waals surface area contributed by atoms with Crippen LogP contribution in [0.1, 0.15) is 23.2 Å². The fourth-order valence-corrected chi connectivity index (χ4v) is 2.93. The number of H-pyrrole nitrogens is 1. The normalized spacial score (nSPS) is 13.3. The quantitative estimate of drug-likeness (QED) is 0.763. The largest absolute Gasteiger partial charge is 0.497 e. The van der Waals surface area contributed by atoms with Crippen molar-refractivity contribution in [3.63, 3.8) is 0 Å². The summed E-state index contributed by atoms with van der Waals surface area (Å²) in [5.41, 5.74) is 2.73. The first-order chi connectivity index (χ1) is 11.2. The van der Waals surface area contributed by atoms with Crippen molar-refractivity contribution < 1.29 is 4.74 Å². The van der Waals surface area contributed by atoms with E-state index in [0.717, 1.165) is 41.8 Å². The Labute approximate surface area is 132 Å². The van der Waals surface area contributed by atoms with Crippen molar-refractivity contribution in [3.05, 3.63) is 51.4 Å². The Bertz CT molecular complexity index is 928. The molecular weight excluding hydrogens is 294 g/mol. The van der Waals surface area contributed by atoms with E-state index in [9.17, 15) is 4.79 Å². The molecule has 0 spiro atoms. The van der Waals surface area contributed by atoms with Gasteiger partial charge in [-0.05, 0) is 37.0 Å². The summed E-state index contributed by atoms with van der Waals surface area (Å²) in [6, 6.07) is 7.78. The number of hydrogen-bond acceptors (Lipinski definition) is 5. The maximum atomic E-state index is 12.4. The molecule has 23 heavy (non-hydrogen) atoms. The Morgan fingerprint density at radius 3 is 3.13 bits per heavy atom. The summed E-state index contributed by atoms with van der Waals surface area (Å²) in [6.45, 7) is 0.575. The number of aryl methyl sites for hydroxylation is 1. The summed E-state index contributed by atoms with van der Waals surface area (Å²) in [7, 11) is 1.64. The van der Waals surface area contributed by atoms with Gasteiger partial charge in [-0.3, -0.25) is 9.89 Å². The van der Waals surface area contributed by atoms with E-state index in [1.807, 2.05) is 24.3 Å². The van der Waals surface area contributed by atoms with Crippen LogP contribution in [-0.4, -0.2) is 26.7 Å². The van der Waals surface area contributed by atoms with Crippen LogP contribution in [0.3, 0.4) is 0 Å². The summed E-state index contributed by atoms with van der Waals surface area (Å²) in [4.78, 5) is 21.2. The van der Waals surface area contributed by atoms with Crippen LogP contribution in [0.5, 0.6) is 5.75 Å². The minimum absolute atomic E-state index is 0.0376. The maximum Gasteiger partial charge on any atom is 0.277 e. The molecule has 0 amide bonds. The van der Waals surface area contributed by atoms with Crippen molar-refractivity contribution >= 4 is 11.7 Å². The highest BCUT2D eigenvalue weighted by molar-refractivity contribution is 5.41. The lowest BCUT2D eigenvalue weighted by atomic mass is 10.2. The number of ether oxygens (including phenoxy) is 1. The molecule has 2 heterocycles. The smallest absolute Gasteiger partial charge is 0.277 e. The van der Waals surface area contributed by atoms with E-state index in [0.29, 0.717) is 18.3 Å². The van der Waals surface area contributed by atoms with Gasteiger partial charge >= 0.3 is 0 Å². The second-order valence-electron chi connectivity index (χ2n) is 5.61. The molecule has 118 valence electrons. The van der Waals surface area contributed by atoms with Crippen LogP contribution in [0.15, 0.2) is 29.1 Å². The molecule has 0 atom stereocenters. The summed E-state index contributed by atoms with van der Waals surface area (Å²) in [5.74, 6) is 1.76. The molecule has 3 aromatic rings. The van der Waals surface area contributed by atoms with E-state index in [1.54, 1.807) is 7.11 Å². The lowest BCUT2D eigenvalue weighted by Crippen LogP contribution is -2.20. The third-order valence-corrected chi connectivity index (χ3v) is 4.11. The molecule has 0 saturated heterocycles. The molecule has 2 aromatic heterocycles. The Kier molecular flexibility index (Phi) is 3.25. The van der Waals surface area contributed by atoms with Crippen LogP contribution < -0.4 is 15.6 Å². The molecule has 1 aliphatic rings. The van der Waals surface area contributed by atoms with Crippen LogP contribution in [0.4, 0.5) is 5.95 Å². The molecule has 0 unspecified atom stereocenters. The second-order valence-corrected chi connectivity index (χ2v) is 5.61.